The molecule has 2 aliphatic rings. The number of rotatable bonds is 7. The number of carbonyl (C=O) groups excluding carboxylic acids is 2. The number of hydrogen-bond donors (Lipinski definition) is 2. The van der Waals surface area contributed by atoms with Crippen LogP contribution in [0.15, 0.2) is 24.0 Å². The zero-order valence-corrected chi connectivity index (χ0v) is 12.5. The number of aliphatic carboxylic acids is 1. The highest BCUT2D eigenvalue weighted by molar-refractivity contribution is 5.87. The molecule has 2 N–H and O–H groups in total. The first-order valence-corrected chi connectivity index (χ1v) is 7.33. The summed E-state index contributed by atoms with van der Waals surface area (Å²) in [5.41, 5.74) is 0.281. The summed E-state index contributed by atoms with van der Waals surface area (Å²) in [5.74, 6) is -1.82. The maximum atomic E-state index is 11.4. The number of esters is 1. The number of carbonyl (C=O) groups is 3. The third-order valence-corrected chi connectivity index (χ3v) is 3.62. The smallest absolute Gasteiger partial charge is 0.335 e. The number of hydrogen-bond acceptors (Lipinski definition) is 7. The van der Waals surface area contributed by atoms with E-state index in [0.717, 1.165) is 0 Å². The summed E-state index contributed by atoms with van der Waals surface area (Å²) in [5, 5.41) is 18.3. The fraction of sp³-hybridized carbons (Fsp3) is 0.533. The van der Waals surface area contributed by atoms with E-state index in [1.807, 2.05) is 0 Å². The highest BCUT2D eigenvalue weighted by Crippen LogP contribution is 2.26. The van der Waals surface area contributed by atoms with Gasteiger partial charge in [0.2, 0.25) is 0 Å². The van der Waals surface area contributed by atoms with Gasteiger partial charge in [-0.15, -0.1) is 0 Å². The molecule has 0 amide bonds. The first kappa shape index (κ1) is 17.2. The minimum absolute atomic E-state index is 0.0156. The molecule has 0 aromatic heterocycles. The average Bonchev–Trinajstić information content (AvgIpc) is 3.02. The van der Waals surface area contributed by atoms with Crippen molar-refractivity contribution in [2.75, 3.05) is 6.61 Å². The lowest BCUT2D eigenvalue weighted by Gasteiger charge is -2.26. The van der Waals surface area contributed by atoms with Crippen LogP contribution in [0.25, 0.3) is 0 Å². The first-order chi connectivity index (χ1) is 11.0. The van der Waals surface area contributed by atoms with Crippen molar-refractivity contribution in [3.05, 3.63) is 24.0 Å². The van der Waals surface area contributed by atoms with Crippen LogP contribution in [0.4, 0.5) is 0 Å². The quantitative estimate of drug-likeness (QED) is 0.503. The van der Waals surface area contributed by atoms with E-state index in [4.69, 9.17) is 14.6 Å². The van der Waals surface area contributed by atoms with Gasteiger partial charge in [0.25, 0.3) is 0 Å². The van der Waals surface area contributed by atoms with E-state index in [2.05, 4.69) is 0 Å². The molecule has 8 heteroatoms. The van der Waals surface area contributed by atoms with E-state index in [9.17, 15) is 19.5 Å². The lowest BCUT2D eigenvalue weighted by molar-refractivity contribution is -0.159. The Morgan fingerprint density at radius 2 is 2.26 bits per heavy atom. The SMILES string of the molecule is O=CCC(O)C(=O)OCC1CCC(N2C=CCC(C(=O)O)=C2)O1. The van der Waals surface area contributed by atoms with Gasteiger partial charge in [0.15, 0.2) is 6.10 Å². The van der Waals surface area contributed by atoms with Crippen LogP contribution in [0.1, 0.15) is 25.7 Å². The second-order valence-corrected chi connectivity index (χ2v) is 5.33. The molecule has 0 bridgehead atoms. The van der Waals surface area contributed by atoms with Gasteiger partial charge in [0.05, 0.1) is 11.7 Å². The van der Waals surface area contributed by atoms with E-state index < -0.39 is 18.0 Å². The van der Waals surface area contributed by atoms with Crippen molar-refractivity contribution in [1.82, 2.24) is 4.90 Å². The topological polar surface area (TPSA) is 113 Å². The Kier molecular flexibility index (Phi) is 5.89. The van der Waals surface area contributed by atoms with Crippen LogP contribution in [0, 0.1) is 0 Å². The molecule has 3 unspecified atom stereocenters. The van der Waals surface area contributed by atoms with Gasteiger partial charge >= 0.3 is 11.9 Å². The van der Waals surface area contributed by atoms with Gasteiger partial charge in [-0.25, -0.2) is 9.59 Å². The molecule has 0 aromatic carbocycles. The zero-order chi connectivity index (χ0) is 16.8. The van der Waals surface area contributed by atoms with Gasteiger partial charge in [-0.05, 0) is 12.8 Å². The molecule has 23 heavy (non-hydrogen) atoms. The Labute approximate surface area is 133 Å². The summed E-state index contributed by atoms with van der Waals surface area (Å²) in [6.07, 6.45) is 4.77. The Bertz CT molecular complexity index is 528. The third kappa shape index (κ3) is 4.64. The molecule has 2 heterocycles. The second kappa shape index (κ2) is 7.89. The molecule has 0 saturated carbocycles. The molecule has 2 rings (SSSR count). The van der Waals surface area contributed by atoms with Gasteiger partial charge in [0, 0.05) is 25.2 Å². The Morgan fingerprint density at radius 1 is 1.48 bits per heavy atom. The van der Waals surface area contributed by atoms with Gasteiger partial charge < -0.3 is 29.4 Å². The third-order valence-electron chi connectivity index (χ3n) is 3.62. The van der Waals surface area contributed by atoms with Crippen LogP contribution in [0.5, 0.6) is 0 Å². The molecule has 0 aromatic rings. The number of carboxylic acids is 1. The van der Waals surface area contributed by atoms with Gasteiger partial charge in [-0.1, -0.05) is 6.08 Å². The number of ether oxygens (including phenoxy) is 2. The molecule has 3 atom stereocenters. The van der Waals surface area contributed by atoms with Crippen molar-refractivity contribution < 1.29 is 34.1 Å². The molecule has 126 valence electrons. The van der Waals surface area contributed by atoms with E-state index in [0.29, 0.717) is 25.5 Å². The van der Waals surface area contributed by atoms with Gasteiger partial charge in [-0.2, -0.15) is 0 Å². The highest BCUT2D eigenvalue weighted by Gasteiger charge is 2.30. The Morgan fingerprint density at radius 3 is 2.96 bits per heavy atom. The minimum Gasteiger partial charge on any atom is -0.478 e. The molecule has 2 aliphatic heterocycles. The summed E-state index contributed by atoms with van der Waals surface area (Å²) in [4.78, 5) is 34.3. The van der Waals surface area contributed by atoms with Crippen LogP contribution < -0.4 is 0 Å². The van der Waals surface area contributed by atoms with Crippen molar-refractivity contribution in [3.63, 3.8) is 0 Å². The van der Waals surface area contributed by atoms with E-state index in [1.54, 1.807) is 17.2 Å². The Balaban J connectivity index is 1.81. The first-order valence-electron chi connectivity index (χ1n) is 7.33. The lowest BCUT2D eigenvalue weighted by atomic mass is 10.1. The molecule has 0 spiro atoms. The fourth-order valence-electron chi connectivity index (χ4n) is 2.39. The number of aliphatic hydroxyl groups is 1. The fourth-order valence-corrected chi connectivity index (χ4v) is 2.39. The second-order valence-electron chi connectivity index (χ2n) is 5.33. The average molecular weight is 325 g/mol. The number of nitrogens with zero attached hydrogens (tertiary/aromatic N) is 1. The summed E-state index contributed by atoms with van der Waals surface area (Å²) in [6.45, 7) is -0.0156. The molecule has 1 fully saturated rings. The molecule has 8 nitrogen and oxygen atoms in total. The van der Waals surface area contributed by atoms with Crippen molar-refractivity contribution in [2.24, 2.45) is 0 Å². The predicted octanol–water partition coefficient (Wildman–Crippen LogP) is 0.172. The van der Waals surface area contributed by atoms with Crippen LogP contribution in [-0.2, 0) is 23.9 Å². The maximum Gasteiger partial charge on any atom is 0.335 e. The van der Waals surface area contributed by atoms with Crippen molar-refractivity contribution in [3.8, 4) is 0 Å². The van der Waals surface area contributed by atoms with Gasteiger partial charge in [-0.3, -0.25) is 0 Å². The van der Waals surface area contributed by atoms with Crippen molar-refractivity contribution >= 4 is 18.2 Å². The van der Waals surface area contributed by atoms with E-state index >= 15 is 0 Å². The number of aliphatic hydroxyl groups excluding tert-OH is 1. The lowest BCUT2D eigenvalue weighted by Crippen LogP contribution is -2.31. The van der Waals surface area contributed by atoms with E-state index in [-0.39, 0.29) is 30.9 Å². The van der Waals surface area contributed by atoms with Gasteiger partial charge in [0.1, 0.15) is 19.1 Å². The predicted molar refractivity (Wildman–Crippen MR) is 76.9 cm³/mol. The Hall–Kier alpha value is -2.19. The summed E-state index contributed by atoms with van der Waals surface area (Å²) in [6, 6.07) is 0. The standard InChI is InChI=1S/C15H19NO7/c17-7-5-12(18)15(21)22-9-11-3-4-13(23-11)16-6-1-2-10(8-16)14(19)20/h1,6-8,11-13,18H,2-5,9H2,(H,19,20). The zero-order valence-electron chi connectivity index (χ0n) is 12.5. The molecular weight excluding hydrogens is 306 g/mol. The number of allylic oxidation sites excluding steroid dienone is 1. The molecular formula is C15H19NO7. The van der Waals surface area contributed by atoms with E-state index in [1.165, 1.54) is 6.20 Å². The number of aldehydes is 1. The van der Waals surface area contributed by atoms with Crippen LogP contribution in [0.3, 0.4) is 0 Å². The number of carboxylic acid groups (broad SMARTS) is 1. The largest absolute Gasteiger partial charge is 0.478 e. The summed E-state index contributed by atoms with van der Waals surface area (Å²) < 4.78 is 10.6. The van der Waals surface area contributed by atoms with Crippen LogP contribution >= 0.6 is 0 Å². The van der Waals surface area contributed by atoms with Crippen LogP contribution in [0.2, 0.25) is 0 Å². The summed E-state index contributed by atoms with van der Waals surface area (Å²) >= 11 is 0. The molecule has 0 radical (unpaired) electrons. The highest BCUT2D eigenvalue weighted by atomic mass is 16.6. The molecule has 1 saturated heterocycles. The molecule has 0 aliphatic carbocycles. The van der Waals surface area contributed by atoms with Crippen molar-refractivity contribution in [2.45, 2.75) is 44.1 Å². The monoisotopic (exact) mass is 325 g/mol. The summed E-state index contributed by atoms with van der Waals surface area (Å²) in [7, 11) is 0. The minimum atomic E-state index is -1.45. The van der Waals surface area contributed by atoms with Crippen molar-refractivity contribution in [1.29, 1.82) is 0 Å². The maximum absolute atomic E-state index is 11.4. The van der Waals surface area contributed by atoms with Crippen LogP contribution in [-0.4, -0.2) is 58.4 Å². The normalized spacial score (nSPS) is 24.9.